The highest BCUT2D eigenvalue weighted by atomic mass is 19.4. The predicted octanol–water partition coefficient (Wildman–Crippen LogP) is 4.55. The third-order valence-corrected chi connectivity index (χ3v) is 4.29. The van der Waals surface area contributed by atoms with Crippen LogP contribution in [0, 0.1) is 0 Å². The van der Waals surface area contributed by atoms with E-state index in [1.807, 2.05) is 4.90 Å². The van der Waals surface area contributed by atoms with Crippen LogP contribution in [0.4, 0.5) is 29.3 Å². The van der Waals surface area contributed by atoms with Crippen molar-refractivity contribution in [2.24, 2.45) is 0 Å². The first-order valence-corrected chi connectivity index (χ1v) is 9.68. The van der Waals surface area contributed by atoms with Crippen molar-refractivity contribution in [2.75, 3.05) is 29.9 Å². The molecular weight excluding hydrogens is 387 g/mol. The largest absolute Gasteiger partial charge is 0.444 e. The zero-order valence-corrected chi connectivity index (χ0v) is 17.0. The number of hydrogen-bond acceptors (Lipinski definition) is 4. The van der Waals surface area contributed by atoms with Gasteiger partial charge in [0, 0.05) is 26.1 Å². The fraction of sp³-hybridized carbons (Fsp3) is 0.600. The van der Waals surface area contributed by atoms with Gasteiger partial charge in [0.15, 0.2) is 0 Å². The summed E-state index contributed by atoms with van der Waals surface area (Å²) in [6.45, 7) is 6.94. The van der Waals surface area contributed by atoms with Crippen LogP contribution in [0.15, 0.2) is 18.2 Å². The maximum Gasteiger partial charge on any atom is 0.416 e. The third-order valence-electron chi connectivity index (χ3n) is 4.29. The van der Waals surface area contributed by atoms with Crippen LogP contribution in [0.25, 0.3) is 0 Å². The smallest absolute Gasteiger partial charge is 0.416 e. The van der Waals surface area contributed by atoms with Gasteiger partial charge in [-0.15, -0.1) is 0 Å². The van der Waals surface area contributed by atoms with Gasteiger partial charge in [-0.3, -0.25) is 4.79 Å². The second-order valence-corrected chi connectivity index (χ2v) is 8.00. The molecule has 6 nitrogen and oxygen atoms in total. The minimum absolute atomic E-state index is 0.0610. The standard InChI is InChI=1S/C20H28F3N3O3/c1-19(2,3)29-18(28)24-10-6-7-17(27)25-15-13-14(20(21,22)23)8-9-16(15)26-11-4-5-12-26/h8-9,13H,4-7,10-12H2,1-3H3,(H,24,28)(H,25,27). The number of carbonyl (C=O) groups excluding carboxylic acids is 2. The number of halogens is 3. The fourth-order valence-corrected chi connectivity index (χ4v) is 3.01. The number of nitrogens with zero attached hydrogens (tertiary/aromatic N) is 1. The maximum atomic E-state index is 13.1. The molecule has 1 aromatic rings. The number of benzene rings is 1. The molecule has 29 heavy (non-hydrogen) atoms. The van der Waals surface area contributed by atoms with Crippen molar-refractivity contribution in [3.63, 3.8) is 0 Å². The van der Waals surface area contributed by atoms with Crippen LogP contribution in [0.1, 0.15) is 52.0 Å². The number of amides is 2. The Morgan fingerprint density at radius 3 is 2.38 bits per heavy atom. The van der Waals surface area contributed by atoms with Gasteiger partial charge in [-0.2, -0.15) is 13.2 Å². The molecule has 1 aromatic carbocycles. The van der Waals surface area contributed by atoms with Crippen molar-refractivity contribution >= 4 is 23.4 Å². The Kier molecular flexibility index (Phi) is 7.37. The van der Waals surface area contributed by atoms with E-state index in [2.05, 4.69) is 10.6 Å². The highest BCUT2D eigenvalue weighted by Crippen LogP contribution is 2.36. The summed E-state index contributed by atoms with van der Waals surface area (Å²) in [5.74, 6) is -0.407. The Morgan fingerprint density at radius 2 is 1.79 bits per heavy atom. The molecule has 1 aliphatic rings. The van der Waals surface area contributed by atoms with Gasteiger partial charge in [-0.1, -0.05) is 0 Å². The number of rotatable bonds is 6. The summed E-state index contributed by atoms with van der Waals surface area (Å²) < 4.78 is 44.3. The molecule has 2 amide bonds. The molecule has 0 radical (unpaired) electrons. The number of alkyl carbamates (subject to hydrolysis) is 1. The quantitative estimate of drug-likeness (QED) is 0.669. The number of ether oxygens (including phenoxy) is 1. The van der Waals surface area contributed by atoms with Gasteiger partial charge in [0.25, 0.3) is 0 Å². The van der Waals surface area contributed by atoms with Crippen molar-refractivity contribution in [3.05, 3.63) is 23.8 Å². The molecule has 2 N–H and O–H groups in total. The Labute approximate surface area is 168 Å². The second-order valence-electron chi connectivity index (χ2n) is 8.00. The van der Waals surface area contributed by atoms with E-state index >= 15 is 0 Å². The molecular formula is C20H28F3N3O3. The lowest BCUT2D eigenvalue weighted by atomic mass is 10.1. The van der Waals surface area contributed by atoms with Crippen LogP contribution >= 0.6 is 0 Å². The molecule has 1 aliphatic heterocycles. The summed E-state index contributed by atoms with van der Waals surface area (Å²) in [6.07, 6.45) is -2.74. The van der Waals surface area contributed by atoms with E-state index in [1.54, 1.807) is 20.8 Å². The molecule has 2 rings (SSSR count). The normalized spacial score (nSPS) is 14.6. The van der Waals surface area contributed by atoms with Crippen LogP contribution in [-0.4, -0.2) is 37.2 Å². The average molecular weight is 415 g/mol. The molecule has 0 aliphatic carbocycles. The van der Waals surface area contributed by atoms with E-state index in [1.165, 1.54) is 6.07 Å². The van der Waals surface area contributed by atoms with E-state index in [0.29, 0.717) is 12.1 Å². The van der Waals surface area contributed by atoms with Gasteiger partial charge in [0.05, 0.1) is 16.9 Å². The van der Waals surface area contributed by atoms with E-state index in [-0.39, 0.29) is 18.7 Å². The third kappa shape index (κ3) is 7.47. The summed E-state index contributed by atoms with van der Waals surface area (Å²) in [6, 6.07) is 3.42. The van der Waals surface area contributed by atoms with Gasteiger partial charge < -0.3 is 20.3 Å². The summed E-state index contributed by atoms with van der Waals surface area (Å²) in [4.78, 5) is 25.8. The van der Waals surface area contributed by atoms with E-state index in [4.69, 9.17) is 4.74 Å². The number of alkyl halides is 3. The molecule has 1 heterocycles. The van der Waals surface area contributed by atoms with E-state index in [0.717, 1.165) is 38.1 Å². The number of anilines is 2. The highest BCUT2D eigenvalue weighted by molar-refractivity contribution is 5.94. The van der Waals surface area contributed by atoms with Crippen LogP contribution in [-0.2, 0) is 15.7 Å². The fourth-order valence-electron chi connectivity index (χ4n) is 3.01. The van der Waals surface area contributed by atoms with Gasteiger partial charge >= 0.3 is 12.3 Å². The first-order valence-electron chi connectivity index (χ1n) is 9.68. The Hall–Kier alpha value is -2.45. The molecule has 162 valence electrons. The Morgan fingerprint density at radius 1 is 1.14 bits per heavy atom. The van der Waals surface area contributed by atoms with Gasteiger partial charge in [0.1, 0.15) is 5.60 Å². The first-order chi connectivity index (χ1) is 13.5. The molecule has 1 saturated heterocycles. The molecule has 0 saturated carbocycles. The molecule has 9 heteroatoms. The molecule has 0 atom stereocenters. The number of nitrogens with one attached hydrogen (secondary N) is 2. The van der Waals surface area contributed by atoms with E-state index < -0.39 is 29.3 Å². The van der Waals surface area contributed by atoms with Gasteiger partial charge in [-0.25, -0.2) is 4.79 Å². The molecule has 1 fully saturated rings. The number of hydrogen-bond donors (Lipinski definition) is 2. The average Bonchev–Trinajstić information content (AvgIpc) is 3.10. The lowest BCUT2D eigenvalue weighted by molar-refractivity contribution is -0.137. The van der Waals surface area contributed by atoms with Gasteiger partial charge in [-0.05, 0) is 58.2 Å². The molecule has 0 unspecified atom stereocenters. The summed E-state index contributed by atoms with van der Waals surface area (Å²) in [5, 5.41) is 5.15. The minimum atomic E-state index is -4.49. The van der Waals surface area contributed by atoms with E-state index in [9.17, 15) is 22.8 Å². The van der Waals surface area contributed by atoms with Crippen LogP contribution in [0.5, 0.6) is 0 Å². The van der Waals surface area contributed by atoms with Crippen LogP contribution in [0.3, 0.4) is 0 Å². The van der Waals surface area contributed by atoms with Crippen molar-refractivity contribution in [2.45, 2.75) is 58.2 Å². The zero-order valence-electron chi connectivity index (χ0n) is 17.0. The molecule has 0 bridgehead atoms. The Balaban J connectivity index is 1.94. The lowest BCUT2D eigenvalue weighted by Gasteiger charge is -2.23. The van der Waals surface area contributed by atoms with Crippen molar-refractivity contribution < 1.29 is 27.5 Å². The maximum absolute atomic E-state index is 13.1. The zero-order chi connectivity index (χ0) is 21.7. The van der Waals surface area contributed by atoms with Crippen molar-refractivity contribution in [1.82, 2.24) is 5.32 Å². The monoisotopic (exact) mass is 415 g/mol. The molecule has 0 aromatic heterocycles. The highest BCUT2D eigenvalue weighted by Gasteiger charge is 2.32. The van der Waals surface area contributed by atoms with Gasteiger partial charge in [0.2, 0.25) is 5.91 Å². The lowest BCUT2D eigenvalue weighted by Crippen LogP contribution is -2.33. The summed E-state index contributed by atoms with van der Waals surface area (Å²) in [5.41, 5.74) is -0.665. The summed E-state index contributed by atoms with van der Waals surface area (Å²) in [7, 11) is 0. The first kappa shape index (κ1) is 22.8. The SMILES string of the molecule is CC(C)(C)OC(=O)NCCCC(=O)Nc1cc(C(F)(F)F)ccc1N1CCCC1. The molecule has 0 spiro atoms. The topological polar surface area (TPSA) is 70.7 Å². The van der Waals surface area contributed by atoms with Crippen LogP contribution in [0.2, 0.25) is 0 Å². The minimum Gasteiger partial charge on any atom is -0.444 e. The van der Waals surface area contributed by atoms with Crippen molar-refractivity contribution in [3.8, 4) is 0 Å². The van der Waals surface area contributed by atoms with Crippen LogP contribution < -0.4 is 15.5 Å². The number of carbonyl (C=O) groups is 2. The Bertz CT molecular complexity index is 724. The summed E-state index contributed by atoms with van der Waals surface area (Å²) >= 11 is 0. The van der Waals surface area contributed by atoms with Crippen molar-refractivity contribution in [1.29, 1.82) is 0 Å². The predicted molar refractivity (Wildman–Crippen MR) is 105 cm³/mol. The second kappa shape index (κ2) is 9.37.